The second kappa shape index (κ2) is 11.9. The van der Waals surface area contributed by atoms with Gasteiger partial charge in [0, 0.05) is 21.2 Å². The first-order valence-electron chi connectivity index (χ1n) is 11.6. The third kappa shape index (κ3) is 6.54. The number of hydrogen-bond donors (Lipinski definition) is 1. The predicted octanol–water partition coefficient (Wildman–Crippen LogP) is 8.80. The average Bonchev–Trinajstić information content (AvgIpc) is 2.88. The molecule has 0 fully saturated rings. The highest BCUT2D eigenvalue weighted by atomic mass is 127. The minimum Gasteiger partial charge on any atom is -0.320 e. The van der Waals surface area contributed by atoms with E-state index in [9.17, 15) is 57.9 Å². The number of carbonyl (C=O) groups excluding carboxylic acids is 2. The molecular formula is C26H15F12IN2O2. The van der Waals surface area contributed by atoms with Gasteiger partial charge in [-0.1, -0.05) is 6.07 Å². The third-order valence-corrected chi connectivity index (χ3v) is 6.83. The molecule has 0 radical (unpaired) electrons. The first-order valence-corrected chi connectivity index (χ1v) is 12.6. The summed E-state index contributed by atoms with van der Waals surface area (Å²) < 4.78 is 163. The Hall–Kier alpha value is -3.51. The summed E-state index contributed by atoms with van der Waals surface area (Å²) in [5.41, 5.74) is -13.9. The molecule has 0 aromatic heterocycles. The number of nitrogens with zero attached hydrogens (tertiary/aromatic N) is 1. The molecule has 0 saturated carbocycles. The van der Waals surface area contributed by atoms with Crippen molar-refractivity contribution in [2.45, 2.75) is 31.1 Å². The van der Waals surface area contributed by atoms with Crippen LogP contribution in [0.15, 0.2) is 54.6 Å². The van der Waals surface area contributed by atoms with Crippen molar-refractivity contribution in [3.05, 3.63) is 92.1 Å². The topological polar surface area (TPSA) is 49.4 Å². The van der Waals surface area contributed by atoms with Gasteiger partial charge in [-0.3, -0.25) is 9.59 Å². The summed E-state index contributed by atoms with van der Waals surface area (Å²) in [5, 5.41) is 1.61. The van der Waals surface area contributed by atoms with E-state index in [-0.39, 0.29) is 18.2 Å². The summed E-state index contributed by atoms with van der Waals surface area (Å²) in [4.78, 5) is 26.6. The Morgan fingerprint density at radius 1 is 0.837 bits per heavy atom. The molecule has 0 aliphatic carbocycles. The van der Waals surface area contributed by atoms with Gasteiger partial charge in [-0.05, 0) is 78.0 Å². The molecule has 0 atom stereocenters. The van der Waals surface area contributed by atoms with Gasteiger partial charge in [0.1, 0.15) is 5.82 Å². The highest BCUT2D eigenvalue weighted by Gasteiger charge is 2.73. The molecule has 0 aliphatic heterocycles. The molecule has 4 nitrogen and oxygen atoms in total. The Kier molecular flexibility index (Phi) is 9.39. The van der Waals surface area contributed by atoms with E-state index >= 15 is 4.39 Å². The summed E-state index contributed by atoms with van der Waals surface area (Å²) in [6.45, 7) is 1.19. The average molecular weight is 742 g/mol. The molecule has 232 valence electrons. The maximum atomic E-state index is 15.5. The van der Waals surface area contributed by atoms with Crippen LogP contribution in [-0.2, 0) is 11.8 Å². The lowest BCUT2D eigenvalue weighted by Crippen LogP contribution is -2.50. The van der Waals surface area contributed by atoms with Crippen molar-refractivity contribution in [2.24, 2.45) is 0 Å². The number of anilines is 2. The molecule has 2 amide bonds. The normalized spacial score (nSPS) is 12.7. The van der Waals surface area contributed by atoms with Crippen molar-refractivity contribution >= 4 is 45.8 Å². The molecule has 0 spiro atoms. The SMILES string of the molecule is CCN(C(=O)c1ccc(F)cc1)c1cccc(C(=O)Nc2c(I)cc(C(F)(C(F)(F)F)C(F)(F)F)cc2C(F)(F)F)c1F. The van der Waals surface area contributed by atoms with E-state index in [1.165, 1.54) is 6.92 Å². The van der Waals surface area contributed by atoms with Crippen LogP contribution < -0.4 is 10.2 Å². The molecule has 3 aromatic carbocycles. The Morgan fingerprint density at radius 3 is 1.88 bits per heavy atom. The van der Waals surface area contributed by atoms with E-state index in [1.54, 1.807) is 5.32 Å². The fourth-order valence-corrected chi connectivity index (χ4v) is 4.66. The van der Waals surface area contributed by atoms with Gasteiger partial charge in [-0.2, -0.15) is 39.5 Å². The van der Waals surface area contributed by atoms with E-state index in [0.29, 0.717) is 0 Å². The van der Waals surface area contributed by atoms with Crippen molar-refractivity contribution in [3.63, 3.8) is 0 Å². The number of rotatable bonds is 6. The van der Waals surface area contributed by atoms with Crippen molar-refractivity contribution in [1.82, 2.24) is 0 Å². The van der Waals surface area contributed by atoms with Crippen LogP contribution in [-0.4, -0.2) is 30.7 Å². The third-order valence-electron chi connectivity index (χ3n) is 5.98. The van der Waals surface area contributed by atoms with E-state index in [0.717, 1.165) is 70.0 Å². The van der Waals surface area contributed by atoms with Crippen LogP contribution in [0.5, 0.6) is 0 Å². The Balaban J connectivity index is 2.10. The zero-order valence-corrected chi connectivity index (χ0v) is 23.2. The number of alkyl halides is 10. The summed E-state index contributed by atoms with van der Waals surface area (Å²) in [7, 11) is 0. The zero-order chi connectivity index (χ0) is 32.7. The molecule has 0 unspecified atom stereocenters. The van der Waals surface area contributed by atoms with E-state index in [1.807, 2.05) is 0 Å². The largest absolute Gasteiger partial charge is 0.435 e. The Labute approximate surface area is 247 Å². The lowest BCUT2D eigenvalue weighted by atomic mass is 9.92. The molecular weight excluding hydrogens is 727 g/mol. The van der Waals surface area contributed by atoms with Crippen molar-refractivity contribution in [3.8, 4) is 0 Å². The van der Waals surface area contributed by atoms with E-state index in [4.69, 9.17) is 0 Å². The fourth-order valence-electron chi connectivity index (χ4n) is 3.90. The number of nitrogens with one attached hydrogen (secondary N) is 1. The first kappa shape index (κ1) is 34.0. The van der Waals surface area contributed by atoms with E-state index in [2.05, 4.69) is 0 Å². The maximum Gasteiger partial charge on any atom is 0.435 e. The highest BCUT2D eigenvalue weighted by Crippen LogP contribution is 2.54. The van der Waals surface area contributed by atoms with Gasteiger partial charge in [-0.25, -0.2) is 13.2 Å². The Bertz CT molecular complexity index is 1520. The molecule has 3 rings (SSSR count). The quantitative estimate of drug-likeness (QED) is 0.203. The van der Waals surface area contributed by atoms with Crippen molar-refractivity contribution in [1.29, 1.82) is 0 Å². The van der Waals surface area contributed by atoms with Crippen molar-refractivity contribution < 1.29 is 62.3 Å². The zero-order valence-electron chi connectivity index (χ0n) is 21.1. The number of carbonyl (C=O) groups is 2. The number of amides is 2. The van der Waals surface area contributed by atoms with E-state index < -0.39 is 85.3 Å². The van der Waals surface area contributed by atoms with Crippen LogP contribution in [0.2, 0.25) is 0 Å². The minimum absolute atomic E-state index is 0.0939. The fraction of sp³-hybridized carbons (Fsp3) is 0.231. The molecule has 3 aromatic rings. The number of hydrogen-bond acceptors (Lipinski definition) is 2. The molecule has 0 heterocycles. The van der Waals surface area contributed by atoms with Gasteiger partial charge >= 0.3 is 24.2 Å². The summed E-state index contributed by atoms with van der Waals surface area (Å²) in [5.74, 6) is -4.61. The van der Waals surface area contributed by atoms with Gasteiger partial charge in [-0.15, -0.1) is 0 Å². The second-order valence-corrected chi connectivity index (χ2v) is 9.84. The van der Waals surface area contributed by atoms with Gasteiger partial charge in [0.25, 0.3) is 11.8 Å². The van der Waals surface area contributed by atoms with Crippen LogP contribution in [0, 0.1) is 15.2 Å². The smallest absolute Gasteiger partial charge is 0.320 e. The molecule has 1 N–H and O–H groups in total. The predicted molar refractivity (Wildman–Crippen MR) is 137 cm³/mol. The first-order chi connectivity index (χ1) is 19.6. The van der Waals surface area contributed by atoms with Crippen LogP contribution in [0.4, 0.5) is 64.1 Å². The summed E-state index contributed by atoms with van der Waals surface area (Å²) in [6, 6.07) is 5.99. The lowest BCUT2D eigenvalue weighted by molar-refractivity contribution is -0.348. The standard InChI is InChI=1S/C26H15F12IN2O2/c1-2-41(22(43)12-6-8-14(27)9-7-12)18-5-3-4-15(19(18)28)21(42)40-20-16(24(30,31)32)10-13(11-17(20)39)23(29,25(33,34)35)26(36,37)38/h3-11H,2H2,1H3,(H,40,42). The Morgan fingerprint density at radius 2 is 1.40 bits per heavy atom. The summed E-state index contributed by atoms with van der Waals surface area (Å²) in [6.07, 6.45) is -19.2. The van der Waals surface area contributed by atoms with Gasteiger partial charge < -0.3 is 10.2 Å². The number of benzene rings is 3. The monoisotopic (exact) mass is 742 g/mol. The maximum absolute atomic E-state index is 15.5. The van der Waals surface area contributed by atoms with Gasteiger partial charge in [0.15, 0.2) is 5.82 Å². The molecule has 0 bridgehead atoms. The molecule has 0 aliphatic rings. The van der Waals surface area contributed by atoms with Crippen molar-refractivity contribution in [2.75, 3.05) is 16.8 Å². The van der Waals surface area contributed by atoms with Gasteiger partial charge in [0.05, 0.1) is 22.5 Å². The lowest BCUT2D eigenvalue weighted by Gasteiger charge is -2.31. The number of halogens is 13. The summed E-state index contributed by atoms with van der Waals surface area (Å²) >= 11 is 0.861. The van der Waals surface area contributed by atoms with Crippen LogP contribution in [0.3, 0.4) is 0 Å². The molecule has 17 heteroatoms. The molecule has 0 saturated heterocycles. The van der Waals surface area contributed by atoms with Gasteiger partial charge in [0.2, 0.25) is 0 Å². The minimum atomic E-state index is -6.72. The van der Waals surface area contributed by atoms with Crippen LogP contribution in [0.1, 0.15) is 38.8 Å². The van der Waals surface area contributed by atoms with Crippen LogP contribution in [0.25, 0.3) is 0 Å². The second-order valence-electron chi connectivity index (χ2n) is 8.68. The highest BCUT2D eigenvalue weighted by molar-refractivity contribution is 14.1. The molecule has 43 heavy (non-hydrogen) atoms. The van der Waals surface area contributed by atoms with Crippen LogP contribution >= 0.6 is 22.6 Å².